The van der Waals surface area contributed by atoms with Crippen molar-refractivity contribution < 1.29 is 17.8 Å². The summed E-state index contributed by atoms with van der Waals surface area (Å²) in [4.78, 5) is 10.7. The maximum absolute atomic E-state index is 10.9. The van der Waals surface area contributed by atoms with Gasteiger partial charge in [0.15, 0.2) is 5.17 Å². The first kappa shape index (κ1) is 13.7. The molecule has 1 saturated heterocycles. The van der Waals surface area contributed by atoms with Crippen LogP contribution >= 0.6 is 11.8 Å². The van der Waals surface area contributed by atoms with Crippen LogP contribution in [0.4, 0.5) is 0 Å². The molecule has 1 heterocycles. The van der Waals surface area contributed by atoms with E-state index in [1.807, 2.05) is 0 Å². The zero-order valence-electron chi connectivity index (χ0n) is 9.48. The van der Waals surface area contributed by atoms with Crippen LogP contribution in [0.1, 0.15) is 5.56 Å². The monoisotopic (exact) mass is 299 g/mol. The highest BCUT2D eigenvalue weighted by atomic mass is 32.2. The normalized spacial score (nSPS) is 18.2. The molecule has 19 heavy (non-hydrogen) atoms. The molecule has 0 radical (unpaired) electrons. The highest BCUT2D eigenvalue weighted by Crippen LogP contribution is 2.10. The molecule has 1 fully saturated rings. The summed E-state index contributed by atoms with van der Waals surface area (Å²) in [5.74, 6) is 0.216. The van der Waals surface area contributed by atoms with Gasteiger partial charge in [0.25, 0.3) is 10.1 Å². The Morgan fingerprint density at radius 1 is 1.32 bits per heavy atom. The van der Waals surface area contributed by atoms with E-state index in [0.717, 1.165) is 0 Å². The van der Waals surface area contributed by atoms with Crippen molar-refractivity contribution >= 4 is 39.2 Å². The van der Waals surface area contributed by atoms with E-state index >= 15 is 0 Å². The zero-order valence-corrected chi connectivity index (χ0v) is 11.1. The molecule has 0 unspecified atom stereocenters. The summed E-state index contributed by atoms with van der Waals surface area (Å²) >= 11 is 1.25. The summed E-state index contributed by atoms with van der Waals surface area (Å²) in [6.07, 6.45) is 1.41. The number of benzene rings is 1. The number of rotatable bonds is 3. The summed E-state index contributed by atoms with van der Waals surface area (Å²) in [6, 6.07) is 5.48. The van der Waals surface area contributed by atoms with Crippen LogP contribution in [0.15, 0.2) is 39.4 Å². The number of amides is 1. The fourth-order valence-corrected chi connectivity index (χ4v) is 2.36. The number of carbonyl (C=O) groups excluding carboxylic acids is 1. The molecule has 1 amide bonds. The lowest BCUT2D eigenvalue weighted by molar-refractivity contribution is -0.116. The molecule has 2 rings (SSSR count). The van der Waals surface area contributed by atoms with Crippen molar-refractivity contribution in [2.75, 3.05) is 5.75 Å². The lowest BCUT2D eigenvalue weighted by atomic mass is 10.2. The Morgan fingerprint density at radius 2 is 2.00 bits per heavy atom. The van der Waals surface area contributed by atoms with Crippen molar-refractivity contribution in [3.8, 4) is 0 Å². The Labute approximate surface area is 113 Å². The van der Waals surface area contributed by atoms with E-state index in [1.54, 1.807) is 0 Å². The van der Waals surface area contributed by atoms with Gasteiger partial charge in [-0.15, -0.1) is 5.10 Å². The fraction of sp³-hybridized carbons (Fsp3) is 0.100. The van der Waals surface area contributed by atoms with Crippen LogP contribution in [0.3, 0.4) is 0 Å². The zero-order chi connectivity index (χ0) is 13.9. The third-order valence-electron chi connectivity index (χ3n) is 2.12. The maximum atomic E-state index is 10.9. The maximum Gasteiger partial charge on any atom is 0.294 e. The Morgan fingerprint density at radius 3 is 2.53 bits per heavy atom. The van der Waals surface area contributed by atoms with Gasteiger partial charge < -0.3 is 5.32 Å². The molecular weight excluding hydrogens is 290 g/mol. The van der Waals surface area contributed by atoms with Crippen LogP contribution in [0, 0.1) is 0 Å². The molecule has 0 spiro atoms. The Balaban J connectivity index is 2.06. The minimum Gasteiger partial charge on any atom is -0.303 e. The van der Waals surface area contributed by atoms with E-state index in [1.165, 1.54) is 42.2 Å². The van der Waals surface area contributed by atoms with E-state index in [-0.39, 0.29) is 10.8 Å². The number of hydrogen-bond acceptors (Lipinski definition) is 6. The number of thioether (sulfide) groups is 1. The van der Waals surface area contributed by atoms with Gasteiger partial charge in [0.1, 0.15) is 0 Å². The second-order valence-electron chi connectivity index (χ2n) is 3.53. The van der Waals surface area contributed by atoms with Gasteiger partial charge in [-0.3, -0.25) is 9.35 Å². The van der Waals surface area contributed by atoms with Crippen LogP contribution in [0.25, 0.3) is 0 Å². The quantitative estimate of drug-likeness (QED) is 0.479. The first-order chi connectivity index (χ1) is 8.95. The molecule has 0 bridgehead atoms. The van der Waals surface area contributed by atoms with Crippen molar-refractivity contribution in [3.63, 3.8) is 0 Å². The lowest BCUT2D eigenvalue weighted by Crippen LogP contribution is -2.19. The Hall–Kier alpha value is -1.71. The second kappa shape index (κ2) is 5.51. The van der Waals surface area contributed by atoms with Gasteiger partial charge in [-0.1, -0.05) is 23.9 Å². The molecule has 100 valence electrons. The average Bonchev–Trinajstić information content (AvgIpc) is 2.75. The Kier molecular flexibility index (Phi) is 3.98. The predicted octanol–water partition coefficient (Wildman–Crippen LogP) is 0.486. The number of nitrogens with zero attached hydrogens (tertiary/aromatic N) is 2. The van der Waals surface area contributed by atoms with Crippen LogP contribution in [-0.2, 0) is 14.9 Å². The van der Waals surface area contributed by atoms with E-state index in [2.05, 4.69) is 15.5 Å². The topological polar surface area (TPSA) is 108 Å². The Bertz CT molecular complexity index is 650. The van der Waals surface area contributed by atoms with Gasteiger partial charge >= 0.3 is 0 Å². The van der Waals surface area contributed by atoms with Crippen molar-refractivity contribution in [3.05, 3.63) is 29.8 Å². The summed E-state index contributed by atoms with van der Waals surface area (Å²) < 4.78 is 30.4. The van der Waals surface area contributed by atoms with Crippen molar-refractivity contribution in [1.29, 1.82) is 0 Å². The molecule has 7 nitrogen and oxygen atoms in total. The van der Waals surface area contributed by atoms with E-state index in [4.69, 9.17) is 4.55 Å². The molecule has 0 aromatic heterocycles. The standard InChI is InChI=1S/C10H9N3O4S2/c14-9-6-18-10(12-9)13-11-5-7-1-3-8(4-2-7)19(15,16)17/h1-5H,6H2,(H,12,13,14)(H,15,16,17). The molecule has 2 N–H and O–H groups in total. The first-order valence-corrected chi connectivity index (χ1v) is 7.49. The van der Waals surface area contributed by atoms with Gasteiger partial charge in [-0.05, 0) is 17.7 Å². The van der Waals surface area contributed by atoms with Gasteiger partial charge in [0, 0.05) is 0 Å². The van der Waals surface area contributed by atoms with Gasteiger partial charge in [0.2, 0.25) is 5.91 Å². The number of amidine groups is 1. The molecule has 1 aliphatic rings. The molecule has 0 aliphatic carbocycles. The third-order valence-corrected chi connectivity index (χ3v) is 3.85. The molecule has 0 atom stereocenters. The SMILES string of the molecule is O=C1CSC(=NN=Cc2ccc(S(=O)(=O)O)cc2)N1. The van der Waals surface area contributed by atoms with E-state index in [9.17, 15) is 13.2 Å². The van der Waals surface area contributed by atoms with Crippen LogP contribution in [-0.4, -0.2) is 36.0 Å². The molecule has 1 aromatic rings. The van der Waals surface area contributed by atoms with E-state index < -0.39 is 10.1 Å². The lowest BCUT2D eigenvalue weighted by Gasteiger charge is -1.96. The summed E-state index contributed by atoms with van der Waals surface area (Å²) in [5.41, 5.74) is 0.617. The second-order valence-corrected chi connectivity index (χ2v) is 5.92. The number of hydrogen-bond donors (Lipinski definition) is 2. The molecule has 1 aliphatic heterocycles. The highest BCUT2D eigenvalue weighted by molar-refractivity contribution is 8.15. The van der Waals surface area contributed by atoms with Gasteiger partial charge in [-0.25, -0.2) is 0 Å². The van der Waals surface area contributed by atoms with Crippen LogP contribution < -0.4 is 5.32 Å². The van der Waals surface area contributed by atoms with Gasteiger partial charge in [-0.2, -0.15) is 13.5 Å². The highest BCUT2D eigenvalue weighted by Gasteiger charge is 2.15. The number of carbonyl (C=O) groups is 1. The third kappa shape index (κ3) is 3.88. The average molecular weight is 299 g/mol. The van der Waals surface area contributed by atoms with E-state index in [0.29, 0.717) is 16.5 Å². The smallest absolute Gasteiger partial charge is 0.294 e. The fourth-order valence-electron chi connectivity index (χ4n) is 1.25. The van der Waals surface area contributed by atoms with Crippen LogP contribution in [0.2, 0.25) is 0 Å². The molecule has 0 saturated carbocycles. The summed E-state index contributed by atoms with van der Waals surface area (Å²) in [7, 11) is -4.18. The molecular formula is C10H9N3O4S2. The predicted molar refractivity (Wildman–Crippen MR) is 71.9 cm³/mol. The first-order valence-electron chi connectivity index (χ1n) is 5.06. The molecule has 9 heteroatoms. The summed E-state index contributed by atoms with van der Waals surface area (Å²) in [6.45, 7) is 0. The summed E-state index contributed by atoms with van der Waals surface area (Å²) in [5, 5.41) is 10.5. The van der Waals surface area contributed by atoms with Crippen LogP contribution in [0.5, 0.6) is 0 Å². The largest absolute Gasteiger partial charge is 0.303 e. The van der Waals surface area contributed by atoms with Crippen molar-refractivity contribution in [2.24, 2.45) is 10.2 Å². The van der Waals surface area contributed by atoms with Crippen molar-refractivity contribution in [1.82, 2.24) is 5.32 Å². The van der Waals surface area contributed by atoms with Gasteiger partial charge in [0.05, 0.1) is 16.9 Å². The minimum atomic E-state index is -4.18. The molecule has 1 aromatic carbocycles. The number of nitrogens with one attached hydrogen (secondary N) is 1. The minimum absolute atomic E-state index is 0.114. The van der Waals surface area contributed by atoms with Crippen molar-refractivity contribution in [2.45, 2.75) is 4.90 Å².